The Kier molecular flexibility index (Phi) is 4.76. The molecule has 3 aromatic rings. The number of benzene rings is 2. The third kappa shape index (κ3) is 4.06. The van der Waals surface area contributed by atoms with Crippen LogP contribution in [0.4, 0.5) is 0 Å². The lowest BCUT2D eigenvalue weighted by Crippen LogP contribution is -2.45. The first-order chi connectivity index (χ1) is 12.3. The largest absolute Gasteiger partial charge is 0.340 e. The first-order valence-electron chi connectivity index (χ1n) is 8.99. The van der Waals surface area contributed by atoms with Crippen LogP contribution in [0.2, 0.25) is 0 Å². The zero-order chi connectivity index (χ0) is 17.1. The number of nitrogens with zero attached hydrogens (tertiary/aromatic N) is 3. The van der Waals surface area contributed by atoms with E-state index in [-0.39, 0.29) is 0 Å². The zero-order valence-electron chi connectivity index (χ0n) is 14.6. The molecule has 4 rings (SSSR count). The maximum Gasteiger partial charge on any atom is 0.223 e. The Bertz CT molecular complexity index is 844. The van der Waals surface area contributed by atoms with Crippen molar-refractivity contribution in [2.24, 2.45) is 0 Å². The predicted octanol–water partition coefficient (Wildman–Crippen LogP) is 3.29. The quantitative estimate of drug-likeness (QED) is 0.775. The van der Waals surface area contributed by atoms with Crippen LogP contribution in [0.15, 0.2) is 47.0 Å². The number of fused-ring (bicyclic) bond motifs is 1. The maximum atomic E-state index is 5.07. The Labute approximate surface area is 148 Å². The molecule has 25 heavy (non-hydrogen) atoms. The van der Waals surface area contributed by atoms with E-state index in [4.69, 9.17) is 4.52 Å². The standard InChI is InChI=1S/C20H24N4O/c1-15-22-20(23-25-15)14-24-10-4-7-19(13-24)21-12-16-8-9-17-5-2-3-6-18(17)11-16/h2-3,5-6,8-9,11,19,21H,4,7,10,12-14H2,1H3/t19-/m0/s1. The number of piperidine rings is 1. The van der Waals surface area contributed by atoms with Crippen LogP contribution in [0.25, 0.3) is 10.8 Å². The molecule has 0 aliphatic carbocycles. The lowest BCUT2D eigenvalue weighted by molar-refractivity contribution is 0.177. The smallest absolute Gasteiger partial charge is 0.223 e. The van der Waals surface area contributed by atoms with Crippen LogP contribution in [0.3, 0.4) is 0 Å². The molecular weight excluding hydrogens is 312 g/mol. The van der Waals surface area contributed by atoms with Gasteiger partial charge in [0.25, 0.3) is 0 Å². The lowest BCUT2D eigenvalue weighted by Gasteiger charge is -2.32. The van der Waals surface area contributed by atoms with Gasteiger partial charge in [-0.15, -0.1) is 0 Å². The third-order valence-corrected chi connectivity index (χ3v) is 4.85. The van der Waals surface area contributed by atoms with Crippen LogP contribution in [0.5, 0.6) is 0 Å². The van der Waals surface area contributed by atoms with Crippen molar-refractivity contribution < 1.29 is 4.52 Å². The van der Waals surface area contributed by atoms with Gasteiger partial charge in [-0.2, -0.15) is 4.98 Å². The summed E-state index contributed by atoms with van der Waals surface area (Å²) in [5.74, 6) is 1.42. The van der Waals surface area contributed by atoms with E-state index in [1.807, 2.05) is 6.92 Å². The van der Waals surface area contributed by atoms with E-state index in [9.17, 15) is 0 Å². The molecule has 5 heteroatoms. The van der Waals surface area contributed by atoms with Crippen molar-refractivity contribution in [1.29, 1.82) is 0 Å². The van der Waals surface area contributed by atoms with Crippen molar-refractivity contribution in [1.82, 2.24) is 20.4 Å². The summed E-state index contributed by atoms with van der Waals surface area (Å²) in [6, 6.07) is 15.7. The molecule has 1 aliphatic heterocycles. The molecule has 1 fully saturated rings. The van der Waals surface area contributed by atoms with Gasteiger partial charge < -0.3 is 9.84 Å². The van der Waals surface area contributed by atoms with E-state index in [1.54, 1.807) is 0 Å². The van der Waals surface area contributed by atoms with Crippen LogP contribution in [-0.2, 0) is 13.1 Å². The molecule has 0 bridgehead atoms. The van der Waals surface area contributed by atoms with E-state index >= 15 is 0 Å². The van der Waals surface area contributed by atoms with Crippen LogP contribution < -0.4 is 5.32 Å². The fourth-order valence-electron chi connectivity index (χ4n) is 3.58. The molecule has 0 radical (unpaired) electrons. The number of hydrogen-bond donors (Lipinski definition) is 1. The minimum Gasteiger partial charge on any atom is -0.340 e. The minimum atomic E-state index is 0.508. The van der Waals surface area contributed by atoms with Crippen LogP contribution in [0, 0.1) is 6.92 Å². The van der Waals surface area contributed by atoms with Crippen molar-refractivity contribution in [2.75, 3.05) is 13.1 Å². The third-order valence-electron chi connectivity index (χ3n) is 4.85. The van der Waals surface area contributed by atoms with Crippen LogP contribution >= 0.6 is 0 Å². The van der Waals surface area contributed by atoms with E-state index in [0.717, 1.165) is 32.0 Å². The number of aromatic nitrogens is 2. The topological polar surface area (TPSA) is 54.2 Å². The summed E-state index contributed by atoms with van der Waals surface area (Å²) < 4.78 is 5.07. The Balaban J connectivity index is 1.33. The molecule has 1 aliphatic rings. The second-order valence-corrected chi connectivity index (χ2v) is 6.87. The molecule has 0 amide bonds. The Morgan fingerprint density at radius 3 is 2.92 bits per heavy atom. The molecule has 5 nitrogen and oxygen atoms in total. The van der Waals surface area contributed by atoms with Gasteiger partial charge in [-0.1, -0.05) is 41.6 Å². The lowest BCUT2D eigenvalue weighted by atomic mass is 10.0. The van der Waals surface area contributed by atoms with Gasteiger partial charge in [0.15, 0.2) is 5.82 Å². The second kappa shape index (κ2) is 7.33. The van der Waals surface area contributed by atoms with Gasteiger partial charge in [0.05, 0.1) is 6.54 Å². The van der Waals surface area contributed by atoms with Crippen molar-refractivity contribution in [3.8, 4) is 0 Å². The molecule has 0 spiro atoms. The minimum absolute atomic E-state index is 0.508. The molecule has 0 unspecified atom stereocenters. The molecule has 2 aromatic carbocycles. The summed E-state index contributed by atoms with van der Waals surface area (Å²) in [5, 5.41) is 10.3. The summed E-state index contributed by atoms with van der Waals surface area (Å²) in [4.78, 5) is 6.72. The fourth-order valence-corrected chi connectivity index (χ4v) is 3.58. The van der Waals surface area contributed by atoms with E-state index < -0.39 is 0 Å². The van der Waals surface area contributed by atoms with Crippen molar-refractivity contribution >= 4 is 10.8 Å². The molecule has 1 atom stereocenters. The Morgan fingerprint density at radius 2 is 2.08 bits per heavy atom. The number of aryl methyl sites for hydroxylation is 1. The van der Waals surface area contributed by atoms with Gasteiger partial charge in [-0.05, 0) is 41.8 Å². The van der Waals surface area contributed by atoms with Crippen molar-refractivity contribution in [3.63, 3.8) is 0 Å². The van der Waals surface area contributed by atoms with Crippen molar-refractivity contribution in [3.05, 3.63) is 59.7 Å². The molecule has 130 valence electrons. The molecule has 1 aromatic heterocycles. The van der Waals surface area contributed by atoms with Crippen LogP contribution in [0.1, 0.15) is 30.1 Å². The first-order valence-corrected chi connectivity index (χ1v) is 8.99. The van der Waals surface area contributed by atoms with Crippen LogP contribution in [-0.4, -0.2) is 34.2 Å². The highest BCUT2D eigenvalue weighted by atomic mass is 16.5. The number of hydrogen-bond acceptors (Lipinski definition) is 5. The summed E-state index contributed by atoms with van der Waals surface area (Å²) in [7, 11) is 0. The number of nitrogens with one attached hydrogen (secondary N) is 1. The highest BCUT2D eigenvalue weighted by molar-refractivity contribution is 5.82. The van der Waals surface area contributed by atoms with Gasteiger partial charge in [0, 0.05) is 26.1 Å². The second-order valence-electron chi connectivity index (χ2n) is 6.87. The molecule has 0 saturated carbocycles. The summed E-state index contributed by atoms with van der Waals surface area (Å²) in [6.45, 7) is 5.64. The van der Waals surface area contributed by atoms with Crippen molar-refractivity contribution in [2.45, 2.75) is 38.9 Å². The predicted molar refractivity (Wildman–Crippen MR) is 98.1 cm³/mol. The SMILES string of the molecule is Cc1nc(CN2CCC[C@H](NCc3ccc4ccccc4c3)C2)no1. The summed E-state index contributed by atoms with van der Waals surface area (Å²) in [6.07, 6.45) is 2.42. The summed E-state index contributed by atoms with van der Waals surface area (Å²) >= 11 is 0. The van der Waals surface area contributed by atoms with Gasteiger partial charge in [0.1, 0.15) is 0 Å². The average Bonchev–Trinajstić information content (AvgIpc) is 3.05. The molecular formula is C20H24N4O. The highest BCUT2D eigenvalue weighted by Gasteiger charge is 2.20. The number of likely N-dealkylation sites (tertiary alicyclic amines) is 1. The van der Waals surface area contributed by atoms with E-state index in [2.05, 4.69) is 62.8 Å². The molecule has 1 saturated heterocycles. The highest BCUT2D eigenvalue weighted by Crippen LogP contribution is 2.17. The average molecular weight is 336 g/mol. The van der Waals surface area contributed by atoms with E-state index in [0.29, 0.717) is 11.9 Å². The first kappa shape index (κ1) is 16.2. The Hall–Kier alpha value is -2.24. The summed E-state index contributed by atoms with van der Waals surface area (Å²) in [5.41, 5.74) is 1.34. The van der Waals surface area contributed by atoms with Gasteiger partial charge in [-0.3, -0.25) is 4.90 Å². The van der Waals surface area contributed by atoms with Gasteiger partial charge >= 0.3 is 0 Å². The number of rotatable bonds is 5. The zero-order valence-corrected chi connectivity index (χ0v) is 14.6. The normalized spacial score (nSPS) is 18.7. The molecule has 1 N–H and O–H groups in total. The van der Waals surface area contributed by atoms with Gasteiger partial charge in [0.2, 0.25) is 5.89 Å². The van der Waals surface area contributed by atoms with Gasteiger partial charge in [-0.25, -0.2) is 0 Å². The monoisotopic (exact) mass is 336 g/mol. The fraction of sp³-hybridized carbons (Fsp3) is 0.400. The van der Waals surface area contributed by atoms with E-state index in [1.165, 1.54) is 29.2 Å². The molecule has 2 heterocycles. The Morgan fingerprint density at radius 1 is 1.20 bits per heavy atom. The maximum absolute atomic E-state index is 5.07.